The van der Waals surface area contributed by atoms with Crippen molar-refractivity contribution < 1.29 is 48.7 Å². The molecule has 378 valence electrons. The average Bonchev–Trinajstić information content (AvgIpc) is 3.87. The highest BCUT2D eigenvalue weighted by molar-refractivity contribution is 7.93. The molecule has 8 rings (SSSR count). The molecule has 4 aromatic carbocycles. The van der Waals surface area contributed by atoms with E-state index in [4.69, 9.17) is 15.2 Å². The second-order valence-electron chi connectivity index (χ2n) is 19.1. The number of hydrogen-bond donors (Lipinski definition) is 2. The fourth-order valence-corrected chi connectivity index (χ4v) is 10.7. The molecule has 21 heteroatoms. The average molecular weight is 1010 g/mol. The summed E-state index contributed by atoms with van der Waals surface area (Å²) in [5, 5.41) is 2.76. The van der Waals surface area contributed by atoms with Crippen LogP contribution in [-0.4, -0.2) is 82.4 Å². The van der Waals surface area contributed by atoms with Gasteiger partial charge in [0.05, 0.1) is 43.2 Å². The highest BCUT2D eigenvalue weighted by Crippen LogP contribution is 2.36. The lowest BCUT2D eigenvalue weighted by molar-refractivity contribution is -0.123. The van der Waals surface area contributed by atoms with E-state index in [1.54, 1.807) is 54.2 Å². The number of fused-ring (bicyclic) bond motifs is 2. The first-order valence-electron chi connectivity index (χ1n) is 22.9. The molecule has 0 atom stereocenters. The minimum Gasteiger partial charge on any atom is -0.399 e. The maximum Gasteiger partial charge on any atom is 0.302 e. The molecule has 2 aliphatic heterocycles. The van der Waals surface area contributed by atoms with Gasteiger partial charge < -0.3 is 29.7 Å². The zero-order valence-electron chi connectivity index (χ0n) is 40.3. The van der Waals surface area contributed by atoms with Gasteiger partial charge in [0.25, 0.3) is 20.0 Å². The normalized spacial score (nSPS) is 15.7. The number of sulfonamides is 2. The molecule has 2 saturated heterocycles. The quantitative estimate of drug-likeness (QED) is 0.0835. The van der Waals surface area contributed by atoms with Crippen molar-refractivity contribution in [2.75, 3.05) is 60.2 Å². The van der Waals surface area contributed by atoms with Gasteiger partial charge in [-0.2, -0.15) is 17.6 Å². The van der Waals surface area contributed by atoms with Crippen molar-refractivity contribution in [3.8, 4) is 0 Å². The molecule has 0 bridgehead atoms. The third-order valence-electron chi connectivity index (χ3n) is 12.5. The van der Waals surface area contributed by atoms with E-state index in [1.807, 2.05) is 0 Å². The Balaban J connectivity index is 0.000000209. The molecule has 2 fully saturated rings. The summed E-state index contributed by atoms with van der Waals surface area (Å²) in [6, 6.07) is 21.3. The van der Waals surface area contributed by atoms with Crippen LogP contribution < -0.4 is 19.7 Å². The Kier molecular flexibility index (Phi) is 15.0. The van der Waals surface area contributed by atoms with Crippen LogP contribution in [0.25, 0.3) is 22.1 Å². The van der Waals surface area contributed by atoms with Crippen LogP contribution in [0.1, 0.15) is 72.0 Å². The molecule has 0 aliphatic carbocycles. The number of anilines is 4. The van der Waals surface area contributed by atoms with Crippen molar-refractivity contribution in [2.24, 2.45) is 17.3 Å². The second-order valence-corrected chi connectivity index (χ2v) is 23.0. The highest BCUT2D eigenvalue weighted by atomic mass is 32.2. The summed E-state index contributed by atoms with van der Waals surface area (Å²) < 4.78 is 127. The van der Waals surface area contributed by atoms with Gasteiger partial charge in [0.1, 0.15) is 0 Å². The number of ether oxygens (including phenoxy) is 2. The van der Waals surface area contributed by atoms with Gasteiger partial charge in [-0.1, -0.05) is 20.8 Å². The standard InChI is InChI=1S/C27H34F2N4O4S.C22H26F2N4O3S/c1-26(2,3)25(34)30-19-6-9-21(10-7-19)38(35,36)32(5)20-8-11-23-22(16-20)31-24(27(4,28)29)33(23)17-18-12-14-37-15-13-18;1-22(23,24)21-26-19-13-17(27(2)32(29,30)18-6-3-16(25)4-7-18)5-8-20(19)28(21)14-15-9-11-31-12-10-15/h6-11,16,18H,12-15,17H2,1-5H3,(H,30,34);3-8,13,15H,9-12,14,25H2,1-2H3. The fourth-order valence-electron chi connectivity index (χ4n) is 8.30. The number of halogens is 4. The van der Waals surface area contributed by atoms with Crippen molar-refractivity contribution in [3.63, 3.8) is 0 Å². The largest absolute Gasteiger partial charge is 0.399 e. The topological polar surface area (TPSA) is 184 Å². The molecule has 0 spiro atoms. The predicted octanol–water partition coefficient (Wildman–Crippen LogP) is 9.37. The van der Waals surface area contributed by atoms with Crippen LogP contribution in [0.2, 0.25) is 0 Å². The number of amides is 1. The van der Waals surface area contributed by atoms with E-state index in [9.17, 15) is 39.2 Å². The molecule has 15 nitrogen and oxygen atoms in total. The smallest absolute Gasteiger partial charge is 0.302 e. The van der Waals surface area contributed by atoms with E-state index in [0.717, 1.165) is 48.1 Å². The number of carbonyl (C=O) groups is 1. The summed E-state index contributed by atoms with van der Waals surface area (Å²) in [5.41, 5.74) is 8.32. The van der Waals surface area contributed by atoms with Gasteiger partial charge in [-0.3, -0.25) is 13.4 Å². The highest BCUT2D eigenvalue weighted by Gasteiger charge is 2.35. The van der Waals surface area contributed by atoms with Crippen molar-refractivity contribution in [1.29, 1.82) is 0 Å². The minimum atomic E-state index is -3.96. The number of alkyl halides is 4. The van der Waals surface area contributed by atoms with E-state index in [1.165, 1.54) is 74.8 Å². The first-order valence-corrected chi connectivity index (χ1v) is 25.8. The number of hydrogen-bond acceptors (Lipinski definition) is 10. The van der Waals surface area contributed by atoms with Crippen molar-refractivity contribution in [3.05, 3.63) is 96.6 Å². The Morgan fingerprint density at radius 3 is 1.37 bits per heavy atom. The van der Waals surface area contributed by atoms with Gasteiger partial charge in [-0.15, -0.1) is 0 Å². The molecule has 70 heavy (non-hydrogen) atoms. The summed E-state index contributed by atoms with van der Waals surface area (Å²) >= 11 is 0. The van der Waals surface area contributed by atoms with E-state index < -0.39 is 37.3 Å². The second kappa shape index (κ2) is 20.2. The number of nitrogen functional groups attached to an aromatic ring is 1. The maximum absolute atomic E-state index is 14.5. The Morgan fingerprint density at radius 1 is 0.643 bits per heavy atom. The lowest BCUT2D eigenvalue weighted by Gasteiger charge is -2.24. The van der Waals surface area contributed by atoms with Crippen LogP contribution in [-0.2, 0) is 59.2 Å². The molecule has 3 N–H and O–H groups in total. The number of rotatable bonds is 13. The Hall–Kier alpha value is -5.77. The van der Waals surface area contributed by atoms with Crippen LogP contribution in [0.3, 0.4) is 0 Å². The molecule has 2 aliphatic rings. The maximum atomic E-state index is 14.5. The minimum absolute atomic E-state index is 0.0275. The summed E-state index contributed by atoms with van der Waals surface area (Å²) in [6.45, 7) is 10.2. The summed E-state index contributed by atoms with van der Waals surface area (Å²) in [4.78, 5) is 20.8. The van der Waals surface area contributed by atoms with Crippen molar-refractivity contribution >= 4 is 70.8 Å². The lowest BCUT2D eigenvalue weighted by Crippen LogP contribution is -2.28. The molecule has 6 aromatic rings. The third-order valence-corrected chi connectivity index (χ3v) is 16.1. The molecular weight excluding hydrogens is 953 g/mol. The van der Waals surface area contributed by atoms with Gasteiger partial charge in [0.15, 0.2) is 11.6 Å². The molecule has 4 heterocycles. The summed E-state index contributed by atoms with van der Waals surface area (Å²) in [7, 11) is -4.99. The number of nitrogens with zero attached hydrogens (tertiary/aromatic N) is 6. The van der Waals surface area contributed by atoms with Gasteiger partial charge in [0.2, 0.25) is 5.91 Å². The Morgan fingerprint density at radius 2 is 1.01 bits per heavy atom. The van der Waals surface area contributed by atoms with E-state index in [-0.39, 0.29) is 39.2 Å². The van der Waals surface area contributed by atoms with Crippen molar-refractivity contribution in [2.45, 2.75) is 95.0 Å². The molecular formula is C49H60F4N8O7S2. The van der Waals surface area contributed by atoms with Crippen LogP contribution in [0.5, 0.6) is 0 Å². The SMILES string of the molecule is CN(c1ccc2c(c1)nc(C(C)(F)F)n2CC1CCOCC1)S(=O)(=O)c1ccc(N)cc1.CN(c1ccc2c(c1)nc(C(C)(F)F)n2CC1CCOCC1)S(=O)(=O)c1ccc(NC(=O)C(C)(C)C)cc1. The zero-order chi connectivity index (χ0) is 51.0. The summed E-state index contributed by atoms with van der Waals surface area (Å²) in [6.07, 6.45) is 3.17. The monoisotopic (exact) mass is 1010 g/mol. The Bertz CT molecular complexity index is 3040. The number of aromatic nitrogens is 4. The first kappa shape index (κ1) is 52.1. The van der Waals surface area contributed by atoms with Crippen LogP contribution >= 0.6 is 0 Å². The van der Waals surface area contributed by atoms with Crippen LogP contribution in [0.4, 0.5) is 40.3 Å². The van der Waals surface area contributed by atoms with Gasteiger partial charge in [0, 0.05) is 84.2 Å². The zero-order valence-corrected chi connectivity index (χ0v) is 41.9. The molecule has 1 amide bonds. The van der Waals surface area contributed by atoms with Gasteiger partial charge >= 0.3 is 11.8 Å². The number of carbonyl (C=O) groups excluding carboxylic acids is 1. The number of nitrogens with two attached hydrogens (primary N) is 1. The number of imidazole rings is 2. The Labute approximate surface area is 406 Å². The fraction of sp³-hybridized carbons (Fsp3) is 0.449. The predicted molar refractivity (Wildman–Crippen MR) is 262 cm³/mol. The lowest BCUT2D eigenvalue weighted by atomic mass is 9.95. The number of benzene rings is 4. The molecule has 0 radical (unpaired) electrons. The van der Waals surface area contributed by atoms with E-state index >= 15 is 0 Å². The third kappa shape index (κ3) is 11.5. The van der Waals surface area contributed by atoms with Crippen LogP contribution in [0.15, 0.2) is 94.7 Å². The van der Waals surface area contributed by atoms with Gasteiger partial charge in [-0.25, -0.2) is 26.8 Å². The summed E-state index contributed by atoms with van der Waals surface area (Å²) in [5.74, 6) is -6.73. The van der Waals surface area contributed by atoms with Gasteiger partial charge in [-0.05, 0) is 122 Å². The van der Waals surface area contributed by atoms with E-state index in [0.29, 0.717) is 84.3 Å². The molecule has 0 saturated carbocycles. The first-order chi connectivity index (χ1) is 32.7. The van der Waals surface area contributed by atoms with Crippen molar-refractivity contribution in [1.82, 2.24) is 19.1 Å². The molecule has 0 unspecified atom stereocenters. The molecule has 2 aromatic heterocycles. The number of nitrogens with one attached hydrogen (secondary N) is 1. The van der Waals surface area contributed by atoms with E-state index in [2.05, 4.69) is 15.3 Å². The van der Waals surface area contributed by atoms with Crippen LogP contribution in [0, 0.1) is 17.3 Å².